The van der Waals surface area contributed by atoms with Gasteiger partial charge in [0.25, 0.3) is 0 Å². The second kappa shape index (κ2) is 5.08. The fraction of sp³-hybridized carbons (Fsp3) is 0.938. The molecule has 19 heavy (non-hydrogen) atoms. The zero-order chi connectivity index (χ0) is 13.5. The van der Waals surface area contributed by atoms with E-state index in [9.17, 15) is 4.79 Å². The van der Waals surface area contributed by atoms with Gasteiger partial charge in [0.05, 0.1) is 11.7 Å². The highest BCUT2D eigenvalue weighted by atomic mass is 16.2. The maximum absolute atomic E-state index is 12.5. The summed E-state index contributed by atoms with van der Waals surface area (Å²) in [6, 6.07) is 0. The van der Waals surface area contributed by atoms with Crippen molar-refractivity contribution in [2.75, 3.05) is 6.54 Å². The van der Waals surface area contributed by atoms with Crippen molar-refractivity contribution in [3.63, 3.8) is 0 Å². The van der Waals surface area contributed by atoms with Crippen LogP contribution in [-0.2, 0) is 4.79 Å². The largest absolute Gasteiger partial charge is 0.325 e. The van der Waals surface area contributed by atoms with E-state index in [0.717, 1.165) is 37.6 Å². The Kier molecular flexibility index (Phi) is 3.59. The predicted octanol–water partition coefficient (Wildman–Crippen LogP) is 2.90. The average molecular weight is 264 g/mol. The summed E-state index contributed by atoms with van der Waals surface area (Å²) in [7, 11) is 0. The zero-order valence-electron chi connectivity index (χ0n) is 12.5. The Morgan fingerprint density at radius 2 is 1.74 bits per heavy atom. The van der Waals surface area contributed by atoms with E-state index in [1.807, 2.05) is 0 Å². The molecule has 3 aliphatic rings. The molecule has 2 saturated carbocycles. The summed E-state index contributed by atoms with van der Waals surface area (Å²) >= 11 is 0. The molecule has 2 aliphatic carbocycles. The van der Waals surface area contributed by atoms with Crippen molar-refractivity contribution < 1.29 is 4.79 Å². The molecule has 1 amide bonds. The fourth-order valence-electron chi connectivity index (χ4n) is 3.99. The number of rotatable bonds is 4. The van der Waals surface area contributed by atoms with Gasteiger partial charge in [-0.1, -0.05) is 33.1 Å². The molecule has 0 aromatic heterocycles. The maximum atomic E-state index is 12.5. The quantitative estimate of drug-likeness (QED) is 0.847. The Morgan fingerprint density at radius 1 is 1.11 bits per heavy atom. The molecular weight excluding hydrogens is 236 g/mol. The molecule has 108 valence electrons. The van der Waals surface area contributed by atoms with Crippen LogP contribution in [-0.4, -0.2) is 29.1 Å². The van der Waals surface area contributed by atoms with Gasteiger partial charge in [0, 0.05) is 6.54 Å². The van der Waals surface area contributed by atoms with Gasteiger partial charge in [-0.25, -0.2) is 0 Å². The van der Waals surface area contributed by atoms with E-state index >= 15 is 0 Å². The first kappa shape index (κ1) is 13.4. The standard InChI is InChI=1S/C16H28N2O/c1-3-12-5-7-13(8-6-12)11-18-14(4-2)17-16(9-10-16)15(18)19/h12-14,17H,3-11H2,1-2H3. The van der Waals surface area contributed by atoms with Crippen LogP contribution in [0.5, 0.6) is 0 Å². The summed E-state index contributed by atoms with van der Waals surface area (Å²) in [5.74, 6) is 2.09. The monoisotopic (exact) mass is 264 g/mol. The molecule has 1 heterocycles. The van der Waals surface area contributed by atoms with Gasteiger partial charge in [-0.05, 0) is 43.9 Å². The van der Waals surface area contributed by atoms with E-state index in [2.05, 4.69) is 24.1 Å². The summed E-state index contributed by atoms with van der Waals surface area (Å²) in [5, 5.41) is 3.58. The maximum Gasteiger partial charge on any atom is 0.244 e. The molecule has 0 aromatic rings. The number of hydrogen-bond donors (Lipinski definition) is 1. The van der Waals surface area contributed by atoms with E-state index < -0.39 is 0 Å². The van der Waals surface area contributed by atoms with Crippen LogP contribution >= 0.6 is 0 Å². The van der Waals surface area contributed by atoms with Gasteiger partial charge < -0.3 is 4.90 Å². The van der Waals surface area contributed by atoms with Crippen LogP contribution in [0.4, 0.5) is 0 Å². The SMILES string of the molecule is CCC1CCC(CN2C(=O)C3(CC3)NC2CC)CC1. The number of nitrogens with one attached hydrogen (secondary N) is 1. The lowest BCUT2D eigenvalue weighted by atomic mass is 9.80. The van der Waals surface area contributed by atoms with E-state index in [1.165, 1.54) is 32.1 Å². The number of amides is 1. The van der Waals surface area contributed by atoms with E-state index in [0.29, 0.717) is 12.1 Å². The molecule has 3 heteroatoms. The van der Waals surface area contributed by atoms with Crippen molar-refractivity contribution in [2.45, 2.75) is 76.9 Å². The molecular formula is C16H28N2O. The average Bonchev–Trinajstić information content (AvgIpc) is 3.18. The third kappa shape index (κ3) is 2.42. The highest BCUT2D eigenvalue weighted by Gasteiger charge is 2.58. The minimum atomic E-state index is -0.124. The highest BCUT2D eigenvalue weighted by Crippen LogP contribution is 2.43. The van der Waals surface area contributed by atoms with Crippen molar-refractivity contribution in [2.24, 2.45) is 11.8 Å². The lowest BCUT2D eigenvalue weighted by molar-refractivity contribution is -0.131. The van der Waals surface area contributed by atoms with Gasteiger partial charge in [-0.15, -0.1) is 0 Å². The van der Waals surface area contributed by atoms with Crippen molar-refractivity contribution >= 4 is 5.91 Å². The van der Waals surface area contributed by atoms with Crippen LogP contribution in [0.2, 0.25) is 0 Å². The number of hydrogen-bond acceptors (Lipinski definition) is 2. The number of carbonyl (C=O) groups is 1. The lowest BCUT2D eigenvalue weighted by Crippen LogP contribution is -2.40. The molecule has 0 radical (unpaired) electrons. The van der Waals surface area contributed by atoms with Gasteiger partial charge in [0.2, 0.25) is 5.91 Å². The van der Waals surface area contributed by atoms with Crippen LogP contribution in [0, 0.1) is 11.8 Å². The molecule has 1 spiro atoms. The molecule has 1 N–H and O–H groups in total. The molecule has 3 rings (SSSR count). The van der Waals surface area contributed by atoms with Crippen molar-refractivity contribution in [1.29, 1.82) is 0 Å². The first-order valence-electron chi connectivity index (χ1n) is 8.27. The molecule has 1 aliphatic heterocycles. The van der Waals surface area contributed by atoms with Crippen molar-refractivity contribution in [3.8, 4) is 0 Å². The Bertz CT molecular complexity index is 343. The van der Waals surface area contributed by atoms with Crippen LogP contribution < -0.4 is 5.32 Å². The van der Waals surface area contributed by atoms with Gasteiger partial charge >= 0.3 is 0 Å². The lowest BCUT2D eigenvalue weighted by Gasteiger charge is -2.32. The van der Waals surface area contributed by atoms with E-state index in [-0.39, 0.29) is 5.54 Å². The van der Waals surface area contributed by atoms with Gasteiger partial charge in [0.1, 0.15) is 0 Å². The highest BCUT2D eigenvalue weighted by molar-refractivity contribution is 5.91. The first-order valence-corrected chi connectivity index (χ1v) is 8.27. The fourth-order valence-corrected chi connectivity index (χ4v) is 3.99. The van der Waals surface area contributed by atoms with E-state index in [4.69, 9.17) is 0 Å². The number of nitrogens with zero attached hydrogens (tertiary/aromatic N) is 1. The third-order valence-electron chi connectivity index (χ3n) is 5.62. The van der Waals surface area contributed by atoms with Gasteiger partial charge in [-0.2, -0.15) is 0 Å². The minimum Gasteiger partial charge on any atom is -0.325 e. The summed E-state index contributed by atoms with van der Waals surface area (Å²) < 4.78 is 0. The second-order valence-corrected chi connectivity index (χ2v) is 6.90. The van der Waals surface area contributed by atoms with Crippen molar-refractivity contribution in [3.05, 3.63) is 0 Å². The first-order chi connectivity index (χ1) is 9.18. The molecule has 0 bridgehead atoms. The third-order valence-corrected chi connectivity index (χ3v) is 5.62. The second-order valence-electron chi connectivity index (χ2n) is 6.90. The van der Waals surface area contributed by atoms with Gasteiger partial charge in [-0.3, -0.25) is 10.1 Å². The number of carbonyl (C=O) groups excluding carboxylic acids is 1. The predicted molar refractivity (Wildman–Crippen MR) is 76.6 cm³/mol. The Hall–Kier alpha value is -0.570. The molecule has 1 atom stereocenters. The van der Waals surface area contributed by atoms with Gasteiger partial charge in [0.15, 0.2) is 0 Å². The normalized spacial score (nSPS) is 37.1. The Balaban J connectivity index is 1.58. The molecule has 1 unspecified atom stereocenters. The summed E-state index contributed by atoms with van der Waals surface area (Å²) in [5.41, 5.74) is -0.124. The Morgan fingerprint density at radius 3 is 2.26 bits per heavy atom. The van der Waals surface area contributed by atoms with Crippen LogP contribution in [0.1, 0.15) is 65.2 Å². The van der Waals surface area contributed by atoms with Crippen molar-refractivity contribution in [1.82, 2.24) is 10.2 Å². The Labute approximate surface area is 117 Å². The summed E-state index contributed by atoms with van der Waals surface area (Å²) in [6.07, 6.45) is 10.2. The summed E-state index contributed by atoms with van der Waals surface area (Å²) in [6.45, 7) is 5.50. The minimum absolute atomic E-state index is 0.124. The molecule has 0 aromatic carbocycles. The summed E-state index contributed by atoms with van der Waals surface area (Å²) in [4.78, 5) is 14.7. The zero-order valence-corrected chi connectivity index (χ0v) is 12.5. The smallest absolute Gasteiger partial charge is 0.244 e. The van der Waals surface area contributed by atoms with Crippen LogP contribution in [0.25, 0.3) is 0 Å². The molecule has 1 saturated heterocycles. The van der Waals surface area contributed by atoms with Crippen LogP contribution in [0.3, 0.4) is 0 Å². The van der Waals surface area contributed by atoms with E-state index in [1.54, 1.807) is 0 Å². The topological polar surface area (TPSA) is 32.3 Å². The molecule has 3 fully saturated rings. The van der Waals surface area contributed by atoms with Crippen LogP contribution in [0.15, 0.2) is 0 Å². The molecule has 3 nitrogen and oxygen atoms in total.